The number of hydrogen-bond donors (Lipinski definition) is 0. The van der Waals surface area contributed by atoms with Crippen molar-refractivity contribution in [1.29, 1.82) is 0 Å². The topological polar surface area (TPSA) is 0 Å². The molecule has 0 N–H and O–H groups in total. The fourth-order valence-corrected chi connectivity index (χ4v) is 12.9. The summed E-state index contributed by atoms with van der Waals surface area (Å²) in [7, 11) is 0. The summed E-state index contributed by atoms with van der Waals surface area (Å²) in [6.07, 6.45) is 25.0. The summed E-state index contributed by atoms with van der Waals surface area (Å²) >= 11 is 6.51. The lowest BCUT2D eigenvalue weighted by atomic mass is 9.55. The predicted molar refractivity (Wildman–Crippen MR) is 265 cm³/mol. The highest BCUT2D eigenvalue weighted by Gasteiger charge is 2.57. The molecule has 0 spiro atoms. The number of hydrogen-bond acceptors (Lipinski definition) is 0. The number of benzene rings is 5. The lowest BCUT2D eigenvalue weighted by molar-refractivity contribution is 0.183. The van der Waals surface area contributed by atoms with E-state index >= 15 is 0 Å². The largest absolute Gasteiger partial charge is 0.0843 e. The minimum atomic E-state index is -0.108. The quantitative estimate of drug-likeness (QED) is 0.0870. The van der Waals surface area contributed by atoms with Crippen LogP contribution in [0.25, 0.3) is 44.5 Å². The molecule has 0 heterocycles. The van der Waals surface area contributed by atoms with Crippen LogP contribution in [-0.2, 0) is 16.2 Å². The molecular formula is C60H69Cl. The Kier molecular flexibility index (Phi) is 11.4. The van der Waals surface area contributed by atoms with Gasteiger partial charge in [-0.1, -0.05) is 216 Å². The smallest absolute Gasteiger partial charge is 0.0409 e. The first-order chi connectivity index (χ1) is 29.4. The Hall–Kier alpha value is -4.13. The Morgan fingerprint density at radius 2 is 0.902 bits per heavy atom. The molecule has 1 atom stereocenters. The van der Waals surface area contributed by atoms with E-state index in [1.165, 1.54) is 162 Å². The van der Waals surface area contributed by atoms with Gasteiger partial charge in [-0.3, -0.25) is 0 Å². The third-order valence-electron chi connectivity index (χ3n) is 16.3. The van der Waals surface area contributed by atoms with Gasteiger partial charge in [0.05, 0.1) is 0 Å². The normalized spacial score (nSPS) is 19.3. The van der Waals surface area contributed by atoms with Gasteiger partial charge >= 0.3 is 0 Å². The third kappa shape index (κ3) is 7.03. The molecule has 61 heavy (non-hydrogen) atoms. The van der Waals surface area contributed by atoms with Crippen LogP contribution < -0.4 is 0 Å². The third-order valence-corrected chi connectivity index (χ3v) is 16.5. The minimum Gasteiger partial charge on any atom is -0.0843 e. The molecule has 0 aromatic heterocycles. The summed E-state index contributed by atoms with van der Waals surface area (Å²) in [6, 6.07) is 37.8. The van der Waals surface area contributed by atoms with E-state index in [1.54, 1.807) is 11.1 Å². The van der Waals surface area contributed by atoms with Crippen molar-refractivity contribution in [2.75, 3.05) is 0 Å². The molecule has 0 radical (unpaired) electrons. The number of unbranched alkanes of at least 4 members (excludes halogenated alkanes) is 10. The van der Waals surface area contributed by atoms with E-state index in [9.17, 15) is 0 Å². The van der Waals surface area contributed by atoms with Gasteiger partial charge in [0.25, 0.3) is 0 Å². The van der Waals surface area contributed by atoms with E-state index in [0.717, 1.165) is 11.4 Å². The molecule has 0 fully saturated rings. The van der Waals surface area contributed by atoms with E-state index in [-0.39, 0.29) is 21.7 Å². The number of halogens is 1. The number of rotatable bonds is 16. The van der Waals surface area contributed by atoms with Crippen molar-refractivity contribution < 1.29 is 0 Å². The molecule has 0 aliphatic heterocycles. The van der Waals surface area contributed by atoms with E-state index < -0.39 is 0 Å². The van der Waals surface area contributed by atoms with Crippen LogP contribution in [0.1, 0.15) is 184 Å². The average molecular weight is 826 g/mol. The molecule has 0 saturated heterocycles. The number of fused-ring (bicyclic) bond motifs is 9. The predicted octanol–water partition coefficient (Wildman–Crippen LogP) is 18.2. The molecule has 4 aliphatic rings. The second kappa shape index (κ2) is 16.5. The van der Waals surface area contributed by atoms with Gasteiger partial charge in [0.1, 0.15) is 0 Å². The first-order valence-corrected chi connectivity index (χ1v) is 24.6. The molecular weight excluding hydrogens is 756 g/mol. The Morgan fingerprint density at radius 1 is 0.443 bits per heavy atom. The Morgan fingerprint density at radius 3 is 1.46 bits per heavy atom. The van der Waals surface area contributed by atoms with Crippen LogP contribution in [0.15, 0.2) is 109 Å². The highest BCUT2D eigenvalue weighted by atomic mass is 35.5. The van der Waals surface area contributed by atoms with Crippen molar-refractivity contribution in [3.05, 3.63) is 153 Å². The van der Waals surface area contributed by atoms with Crippen LogP contribution in [-0.4, -0.2) is 0 Å². The van der Waals surface area contributed by atoms with Gasteiger partial charge < -0.3 is 0 Å². The van der Waals surface area contributed by atoms with Crippen LogP contribution in [0.3, 0.4) is 0 Å². The molecule has 0 bridgehead atoms. The average Bonchev–Trinajstić information content (AvgIpc) is 3.73. The van der Waals surface area contributed by atoms with Crippen molar-refractivity contribution in [3.63, 3.8) is 0 Å². The molecule has 9 rings (SSSR count). The van der Waals surface area contributed by atoms with E-state index in [0.29, 0.717) is 0 Å². The molecule has 316 valence electrons. The van der Waals surface area contributed by atoms with Crippen molar-refractivity contribution in [1.82, 2.24) is 0 Å². The molecule has 4 aliphatic carbocycles. The maximum Gasteiger partial charge on any atom is 0.0409 e. The number of allylic oxidation sites excluding steroid dienone is 4. The van der Waals surface area contributed by atoms with Crippen LogP contribution in [0.5, 0.6) is 0 Å². The van der Waals surface area contributed by atoms with Crippen molar-refractivity contribution in [2.45, 2.75) is 161 Å². The van der Waals surface area contributed by atoms with Gasteiger partial charge in [-0.05, 0) is 133 Å². The summed E-state index contributed by atoms with van der Waals surface area (Å²) in [4.78, 5) is 0. The SMILES string of the molecule is CCCCCCCCC1(CCCCCCCC)c2ccccc2C2=CC=C(c3ccc4c(c3)C(C)(C)c3cc(-c5ccc6c(c5)C(C)(C)c5cc(Cl)ccc5-6)ccc3-4)CC21C. The van der Waals surface area contributed by atoms with Crippen LogP contribution >= 0.6 is 11.6 Å². The zero-order valence-corrected chi connectivity index (χ0v) is 39.1. The standard InChI is InChI=1S/C60H69Cl/c1-8-10-12-14-16-20-34-60(35-21-17-15-13-11-9-2)52-23-19-18-22-50(52)51-33-27-44(40-59(51,60)7)43-26-31-47-46-29-24-41(36-53(46)57(3,4)55(47)38-43)42-25-30-48-49-32-28-45(61)39-56(49)58(5,6)54(48)37-42/h18-19,22-33,36-39H,8-17,20-21,34-35,40H2,1-7H3. The maximum absolute atomic E-state index is 6.51. The van der Waals surface area contributed by atoms with Gasteiger partial charge in [-0.25, -0.2) is 0 Å². The fourth-order valence-electron chi connectivity index (χ4n) is 12.7. The van der Waals surface area contributed by atoms with Gasteiger partial charge in [0.2, 0.25) is 0 Å². The van der Waals surface area contributed by atoms with Gasteiger partial charge in [0.15, 0.2) is 0 Å². The van der Waals surface area contributed by atoms with Crippen molar-refractivity contribution >= 4 is 22.7 Å². The Labute approximate surface area is 374 Å². The van der Waals surface area contributed by atoms with Crippen molar-refractivity contribution in [2.24, 2.45) is 5.41 Å². The summed E-state index contributed by atoms with van der Waals surface area (Å²) in [6.45, 7) is 16.9. The summed E-state index contributed by atoms with van der Waals surface area (Å²) in [5, 5.41) is 0.808. The highest BCUT2D eigenvalue weighted by Crippen LogP contribution is 2.67. The zero-order chi connectivity index (χ0) is 42.6. The molecule has 1 heteroatoms. The lowest BCUT2D eigenvalue weighted by Crippen LogP contribution is -2.41. The minimum absolute atomic E-state index is 0.0675. The Balaban J connectivity index is 1.02. The second-order valence-electron chi connectivity index (χ2n) is 20.7. The van der Waals surface area contributed by atoms with Gasteiger partial charge in [0, 0.05) is 26.7 Å². The summed E-state index contributed by atoms with van der Waals surface area (Å²) < 4.78 is 0. The summed E-state index contributed by atoms with van der Waals surface area (Å²) in [5.41, 5.74) is 21.3. The van der Waals surface area contributed by atoms with Gasteiger partial charge in [-0.15, -0.1) is 0 Å². The summed E-state index contributed by atoms with van der Waals surface area (Å²) in [5.74, 6) is 0. The monoisotopic (exact) mass is 825 g/mol. The molecule has 0 amide bonds. The molecule has 5 aromatic carbocycles. The zero-order valence-electron chi connectivity index (χ0n) is 38.4. The van der Waals surface area contributed by atoms with Crippen LogP contribution in [0.4, 0.5) is 0 Å². The molecule has 5 aromatic rings. The maximum atomic E-state index is 6.51. The van der Waals surface area contributed by atoms with Crippen LogP contribution in [0.2, 0.25) is 5.02 Å². The molecule has 1 unspecified atom stereocenters. The highest BCUT2D eigenvalue weighted by molar-refractivity contribution is 6.30. The van der Waals surface area contributed by atoms with E-state index in [2.05, 4.69) is 152 Å². The second-order valence-corrected chi connectivity index (χ2v) is 21.1. The van der Waals surface area contributed by atoms with Crippen molar-refractivity contribution in [3.8, 4) is 33.4 Å². The Bertz CT molecular complexity index is 2500. The van der Waals surface area contributed by atoms with Crippen LogP contribution in [0, 0.1) is 5.41 Å². The van der Waals surface area contributed by atoms with E-state index in [4.69, 9.17) is 11.6 Å². The molecule has 0 saturated carbocycles. The van der Waals surface area contributed by atoms with Gasteiger partial charge in [-0.2, -0.15) is 0 Å². The molecule has 0 nitrogen and oxygen atoms in total. The first kappa shape index (κ1) is 42.2. The fraction of sp³-hybridized carbons (Fsp3) is 0.433. The lowest BCUT2D eigenvalue weighted by Gasteiger charge is -2.48. The van der Waals surface area contributed by atoms with E-state index in [1.807, 2.05) is 6.07 Å². The first-order valence-electron chi connectivity index (χ1n) is 24.2.